The first-order valence-electron chi connectivity index (χ1n) is 4.53. The number of aromatic carboxylic acids is 1. The topological polar surface area (TPSA) is 77.8 Å². The molecule has 0 unspecified atom stereocenters. The second kappa shape index (κ2) is 3.46. The highest BCUT2D eigenvalue weighted by Gasteiger charge is 2.22. The predicted molar refractivity (Wildman–Crippen MR) is 55.4 cm³/mol. The van der Waals surface area contributed by atoms with Gasteiger partial charge in [-0.15, -0.1) is 0 Å². The normalized spacial score (nSPS) is 11.4. The quantitative estimate of drug-likeness (QED) is 0.663. The van der Waals surface area contributed by atoms with Crippen molar-refractivity contribution in [1.82, 2.24) is 0 Å². The van der Waals surface area contributed by atoms with Crippen LogP contribution in [0, 0.1) is 0 Å². The molecule has 0 amide bonds. The molecule has 1 aromatic rings. The van der Waals surface area contributed by atoms with E-state index in [4.69, 9.17) is 5.11 Å². The van der Waals surface area contributed by atoms with Crippen LogP contribution < -0.4 is 0 Å². The van der Waals surface area contributed by atoms with Crippen molar-refractivity contribution < 1.29 is 20.1 Å². The molecule has 0 aliphatic rings. The van der Waals surface area contributed by atoms with E-state index in [1.165, 1.54) is 6.07 Å². The summed E-state index contributed by atoms with van der Waals surface area (Å²) >= 11 is 0. The molecule has 0 heterocycles. The van der Waals surface area contributed by atoms with E-state index in [0.29, 0.717) is 5.56 Å². The molecule has 0 aliphatic heterocycles. The number of hydrogen-bond acceptors (Lipinski definition) is 3. The monoisotopic (exact) mass is 210 g/mol. The zero-order valence-corrected chi connectivity index (χ0v) is 8.90. The number of carboxylic acid groups (broad SMARTS) is 1. The summed E-state index contributed by atoms with van der Waals surface area (Å²) in [6, 6.07) is 2.36. The number of hydrogen-bond donors (Lipinski definition) is 3. The van der Waals surface area contributed by atoms with Crippen LogP contribution in [0.25, 0.3) is 0 Å². The Labute approximate surface area is 87.8 Å². The highest BCUT2D eigenvalue weighted by Crippen LogP contribution is 2.35. The highest BCUT2D eigenvalue weighted by molar-refractivity contribution is 5.91. The van der Waals surface area contributed by atoms with E-state index in [9.17, 15) is 15.0 Å². The Kier molecular flexibility index (Phi) is 2.62. The minimum atomic E-state index is -1.21. The van der Waals surface area contributed by atoms with Crippen molar-refractivity contribution in [3.8, 4) is 11.5 Å². The fourth-order valence-corrected chi connectivity index (χ4v) is 1.35. The molecule has 3 N–H and O–H groups in total. The summed E-state index contributed by atoms with van der Waals surface area (Å²) in [6.45, 7) is 5.56. The molecule has 4 nitrogen and oxygen atoms in total. The van der Waals surface area contributed by atoms with Crippen molar-refractivity contribution in [1.29, 1.82) is 0 Å². The van der Waals surface area contributed by atoms with Crippen LogP contribution in [0.3, 0.4) is 0 Å². The van der Waals surface area contributed by atoms with Crippen LogP contribution in [0.1, 0.15) is 36.7 Å². The third kappa shape index (κ3) is 2.21. The van der Waals surface area contributed by atoms with Gasteiger partial charge < -0.3 is 15.3 Å². The van der Waals surface area contributed by atoms with Crippen molar-refractivity contribution in [2.75, 3.05) is 0 Å². The number of benzene rings is 1. The molecule has 15 heavy (non-hydrogen) atoms. The Morgan fingerprint density at radius 3 is 2.07 bits per heavy atom. The second-order valence-electron chi connectivity index (χ2n) is 4.44. The summed E-state index contributed by atoms with van der Waals surface area (Å²) in [5.41, 5.74) is -0.0717. The van der Waals surface area contributed by atoms with Gasteiger partial charge in [0.05, 0.1) is 0 Å². The van der Waals surface area contributed by atoms with Gasteiger partial charge in [-0.2, -0.15) is 0 Å². The lowest BCUT2D eigenvalue weighted by Crippen LogP contribution is -2.12. The maximum absolute atomic E-state index is 10.8. The standard InChI is InChI=1S/C11H14O4/c1-11(2,3)7-4-6(10(14)15)8(12)5-9(7)13/h4-5,12-13H,1-3H3,(H,14,15). The van der Waals surface area contributed by atoms with Gasteiger partial charge in [0.15, 0.2) is 0 Å². The molecule has 1 aromatic carbocycles. The average Bonchev–Trinajstić information content (AvgIpc) is 2.00. The zero-order valence-electron chi connectivity index (χ0n) is 8.90. The van der Waals surface area contributed by atoms with E-state index in [1.54, 1.807) is 0 Å². The summed E-state index contributed by atoms with van der Waals surface area (Å²) in [5.74, 6) is -1.73. The van der Waals surface area contributed by atoms with Gasteiger partial charge in [-0.3, -0.25) is 0 Å². The number of aromatic hydroxyl groups is 2. The molecule has 1 rings (SSSR count). The first kappa shape index (κ1) is 11.4. The first-order chi connectivity index (χ1) is 6.73. The predicted octanol–water partition coefficient (Wildman–Crippen LogP) is 2.09. The van der Waals surface area contributed by atoms with Gasteiger partial charge in [-0.25, -0.2) is 4.79 Å². The number of carbonyl (C=O) groups is 1. The summed E-state index contributed by atoms with van der Waals surface area (Å²) < 4.78 is 0. The summed E-state index contributed by atoms with van der Waals surface area (Å²) in [5, 5.41) is 27.7. The first-order valence-corrected chi connectivity index (χ1v) is 4.53. The van der Waals surface area contributed by atoms with Crippen LogP contribution in [-0.4, -0.2) is 21.3 Å². The van der Waals surface area contributed by atoms with Crippen molar-refractivity contribution in [3.05, 3.63) is 23.3 Å². The summed E-state index contributed by atoms with van der Waals surface area (Å²) in [6.07, 6.45) is 0. The fraction of sp³-hybridized carbons (Fsp3) is 0.364. The van der Waals surface area contributed by atoms with Gasteiger partial charge in [-0.1, -0.05) is 20.8 Å². The van der Waals surface area contributed by atoms with Crippen LogP contribution in [0.4, 0.5) is 0 Å². The molecule has 0 saturated carbocycles. The molecule has 0 fully saturated rings. The molecule has 82 valence electrons. The Bertz CT molecular complexity index is 402. The van der Waals surface area contributed by atoms with Crippen LogP contribution in [0.5, 0.6) is 11.5 Å². The van der Waals surface area contributed by atoms with Crippen molar-refractivity contribution in [2.24, 2.45) is 0 Å². The largest absolute Gasteiger partial charge is 0.508 e. The van der Waals surface area contributed by atoms with Gasteiger partial charge in [0.1, 0.15) is 17.1 Å². The maximum Gasteiger partial charge on any atom is 0.339 e. The zero-order chi connectivity index (χ0) is 11.8. The molecule has 0 atom stereocenters. The Morgan fingerprint density at radius 2 is 1.67 bits per heavy atom. The van der Waals surface area contributed by atoms with E-state index in [-0.39, 0.29) is 16.7 Å². The number of carboxylic acids is 1. The SMILES string of the molecule is CC(C)(C)c1cc(C(=O)O)c(O)cc1O. The van der Waals surface area contributed by atoms with Crippen molar-refractivity contribution >= 4 is 5.97 Å². The van der Waals surface area contributed by atoms with E-state index >= 15 is 0 Å². The molecular formula is C11H14O4. The lowest BCUT2D eigenvalue weighted by Gasteiger charge is -2.21. The summed E-state index contributed by atoms with van der Waals surface area (Å²) in [4.78, 5) is 10.8. The number of phenolic OH excluding ortho intramolecular Hbond substituents is 1. The highest BCUT2D eigenvalue weighted by atomic mass is 16.4. The Morgan fingerprint density at radius 1 is 1.13 bits per heavy atom. The average molecular weight is 210 g/mol. The molecule has 0 aliphatic carbocycles. The second-order valence-corrected chi connectivity index (χ2v) is 4.44. The van der Waals surface area contributed by atoms with E-state index < -0.39 is 11.7 Å². The Balaban J connectivity index is 3.43. The van der Waals surface area contributed by atoms with E-state index in [1.807, 2.05) is 20.8 Å². The third-order valence-electron chi connectivity index (χ3n) is 2.15. The third-order valence-corrected chi connectivity index (χ3v) is 2.15. The summed E-state index contributed by atoms with van der Waals surface area (Å²) in [7, 11) is 0. The molecule has 0 radical (unpaired) electrons. The van der Waals surface area contributed by atoms with Crippen LogP contribution >= 0.6 is 0 Å². The molecule has 0 bridgehead atoms. The molecular weight excluding hydrogens is 196 g/mol. The molecule has 4 heteroatoms. The van der Waals surface area contributed by atoms with Crippen molar-refractivity contribution in [3.63, 3.8) is 0 Å². The van der Waals surface area contributed by atoms with E-state index in [2.05, 4.69) is 0 Å². The minimum absolute atomic E-state index is 0.0926. The smallest absolute Gasteiger partial charge is 0.339 e. The molecule has 0 aromatic heterocycles. The van der Waals surface area contributed by atoms with Crippen LogP contribution in [0.2, 0.25) is 0 Å². The Hall–Kier alpha value is -1.71. The maximum atomic E-state index is 10.8. The fourth-order valence-electron chi connectivity index (χ4n) is 1.35. The minimum Gasteiger partial charge on any atom is -0.508 e. The lowest BCUT2D eigenvalue weighted by atomic mass is 9.85. The molecule has 0 spiro atoms. The van der Waals surface area contributed by atoms with Crippen molar-refractivity contribution in [2.45, 2.75) is 26.2 Å². The number of rotatable bonds is 1. The van der Waals surface area contributed by atoms with Gasteiger partial charge >= 0.3 is 5.97 Å². The van der Waals surface area contributed by atoms with Gasteiger partial charge in [0, 0.05) is 11.6 Å². The molecule has 0 saturated heterocycles. The van der Waals surface area contributed by atoms with Gasteiger partial charge in [0.25, 0.3) is 0 Å². The van der Waals surface area contributed by atoms with Gasteiger partial charge in [0.2, 0.25) is 0 Å². The van der Waals surface area contributed by atoms with Crippen LogP contribution in [0.15, 0.2) is 12.1 Å². The van der Waals surface area contributed by atoms with Gasteiger partial charge in [-0.05, 0) is 11.5 Å². The number of phenols is 2. The van der Waals surface area contributed by atoms with Crippen LogP contribution in [-0.2, 0) is 5.41 Å². The van der Waals surface area contributed by atoms with E-state index in [0.717, 1.165) is 6.07 Å². The lowest BCUT2D eigenvalue weighted by molar-refractivity contribution is 0.0693.